The van der Waals surface area contributed by atoms with E-state index in [1.807, 2.05) is 38.1 Å². The van der Waals surface area contributed by atoms with Crippen molar-refractivity contribution in [1.29, 1.82) is 0 Å². The first-order valence-electron chi connectivity index (χ1n) is 5.93. The highest BCUT2D eigenvalue weighted by molar-refractivity contribution is 9.10. The van der Waals surface area contributed by atoms with E-state index < -0.39 is 0 Å². The minimum absolute atomic E-state index is 0.918. The summed E-state index contributed by atoms with van der Waals surface area (Å²) in [6.45, 7) is 3.93. The van der Waals surface area contributed by atoms with E-state index in [2.05, 4.69) is 27.4 Å². The highest BCUT2D eigenvalue weighted by atomic mass is 79.9. The van der Waals surface area contributed by atoms with Gasteiger partial charge in [0, 0.05) is 21.0 Å². The van der Waals surface area contributed by atoms with Gasteiger partial charge >= 0.3 is 0 Å². The number of nitrogens with zero attached hydrogens (tertiary/aromatic N) is 1. The normalized spacial score (nSPS) is 10.9. The Morgan fingerprint density at radius 2 is 1.95 bits per heavy atom. The van der Waals surface area contributed by atoms with Gasteiger partial charge in [-0.3, -0.25) is 0 Å². The van der Waals surface area contributed by atoms with E-state index in [9.17, 15) is 0 Å². The highest BCUT2D eigenvalue weighted by Gasteiger charge is 2.13. The van der Waals surface area contributed by atoms with Crippen molar-refractivity contribution in [2.75, 3.05) is 0 Å². The van der Waals surface area contributed by atoms with Crippen molar-refractivity contribution in [1.82, 2.24) is 4.98 Å². The first-order chi connectivity index (χ1) is 9.15. The molecule has 0 amide bonds. The molecule has 3 aromatic rings. The number of hydrogen-bond acceptors (Lipinski definition) is 3. The molecule has 0 fully saturated rings. The van der Waals surface area contributed by atoms with Gasteiger partial charge in [-0.15, -0.1) is 11.3 Å². The third-order valence-electron chi connectivity index (χ3n) is 2.93. The van der Waals surface area contributed by atoms with E-state index in [0.717, 1.165) is 37.8 Å². The number of aryl methyl sites for hydroxylation is 2. The summed E-state index contributed by atoms with van der Waals surface area (Å²) in [6.07, 6.45) is 0. The average Bonchev–Trinajstić information content (AvgIpc) is 2.96. The summed E-state index contributed by atoms with van der Waals surface area (Å²) < 4.78 is 6.63. The molecule has 19 heavy (non-hydrogen) atoms. The fraction of sp³-hybridized carbons (Fsp3) is 0.133. The van der Waals surface area contributed by atoms with Crippen LogP contribution in [0.5, 0.6) is 0 Å². The van der Waals surface area contributed by atoms with Gasteiger partial charge in [-0.05, 0) is 26.0 Å². The summed E-state index contributed by atoms with van der Waals surface area (Å²) in [5.41, 5.74) is 3.17. The second-order valence-electron chi connectivity index (χ2n) is 4.34. The van der Waals surface area contributed by atoms with Crippen molar-refractivity contribution >= 4 is 27.3 Å². The number of hydrogen-bond donors (Lipinski definition) is 0. The molecule has 3 rings (SSSR count). The van der Waals surface area contributed by atoms with Crippen LogP contribution >= 0.6 is 27.3 Å². The second-order valence-corrected chi connectivity index (χ2v) is 6.06. The van der Waals surface area contributed by atoms with Gasteiger partial charge in [0.05, 0.1) is 5.69 Å². The quantitative estimate of drug-likeness (QED) is 0.623. The largest absolute Gasteiger partial charge is 0.466 e. The molecule has 0 radical (unpaired) electrons. The molecule has 96 valence electrons. The summed E-state index contributed by atoms with van der Waals surface area (Å²) in [7, 11) is 0. The lowest BCUT2D eigenvalue weighted by molar-refractivity contribution is 0.505. The van der Waals surface area contributed by atoms with E-state index in [-0.39, 0.29) is 0 Å². The molecule has 0 unspecified atom stereocenters. The number of rotatable bonds is 2. The Balaban J connectivity index is 2.05. The maximum atomic E-state index is 5.56. The van der Waals surface area contributed by atoms with Crippen molar-refractivity contribution in [2.45, 2.75) is 13.8 Å². The van der Waals surface area contributed by atoms with Crippen LogP contribution in [-0.4, -0.2) is 4.98 Å². The molecule has 0 aliphatic rings. The van der Waals surface area contributed by atoms with Crippen LogP contribution in [0.25, 0.3) is 21.8 Å². The lowest BCUT2D eigenvalue weighted by atomic mass is 10.2. The van der Waals surface area contributed by atoms with Crippen molar-refractivity contribution in [3.8, 4) is 21.8 Å². The average molecular weight is 334 g/mol. The SMILES string of the molecule is Cc1cc(-c2csc(-c3ccccc3Br)n2)c(C)o1. The summed E-state index contributed by atoms with van der Waals surface area (Å²) in [5.74, 6) is 1.84. The molecule has 0 aliphatic heterocycles. The minimum atomic E-state index is 0.918. The summed E-state index contributed by atoms with van der Waals surface area (Å²) in [6, 6.07) is 10.2. The molecule has 4 heteroatoms. The Hall–Kier alpha value is -1.39. The number of benzene rings is 1. The monoisotopic (exact) mass is 333 g/mol. The van der Waals surface area contributed by atoms with Crippen molar-refractivity contribution in [3.05, 3.63) is 51.7 Å². The van der Waals surface area contributed by atoms with Crippen LogP contribution in [0.4, 0.5) is 0 Å². The summed E-state index contributed by atoms with van der Waals surface area (Å²) in [5, 5.41) is 3.09. The predicted octanol–water partition coefficient (Wildman–Crippen LogP) is 5.45. The van der Waals surface area contributed by atoms with Gasteiger partial charge in [-0.25, -0.2) is 4.98 Å². The lowest BCUT2D eigenvalue weighted by Gasteiger charge is -1.98. The third kappa shape index (κ3) is 2.38. The van der Waals surface area contributed by atoms with Crippen LogP contribution in [0.3, 0.4) is 0 Å². The maximum absolute atomic E-state index is 5.56. The molecule has 0 atom stereocenters. The van der Waals surface area contributed by atoms with E-state index >= 15 is 0 Å². The standard InChI is InChI=1S/C15H12BrNOS/c1-9-7-12(10(2)18-9)14-8-19-15(17-14)11-5-3-4-6-13(11)16/h3-8H,1-2H3. The Kier molecular flexibility index (Phi) is 3.29. The highest BCUT2D eigenvalue weighted by Crippen LogP contribution is 2.34. The molecule has 0 saturated carbocycles. The van der Waals surface area contributed by atoms with Crippen LogP contribution < -0.4 is 0 Å². The number of aromatic nitrogens is 1. The van der Waals surface area contributed by atoms with E-state index in [0.29, 0.717) is 0 Å². The van der Waals surface area contributed by atoms with Gasteiger partial charge in [0.2, 0.25) is 0 Å². The molecule has 0 saturated heterocycles. The predicted molar refractivity (Wildman–Crippen MR) is 82.4 cm³/mol. The first-order valence-corrected chi connectivity index (χ1v) is 7.60. The van der Waals surface area contributed by atoms with Gasteiger partial charge in [0.15, 0.2) is 0 Å². The topological polar surface area (TPSA) is 26.0 Å². The molecule has 2 aromatic heterocycles. The van der Waals surface area contributed by atoms with Crippen molar-refractivity contribution < 1.29 is 4.42 Å². The fourth-order valence-corrected chi connectivity index (χ4v) is 3.50. The van der Waals surface area contributed by atoms with Crippen molar-refractivity contribution in [3.63, 3.8) is 0 Å². The van der Waals surface area contributed by atoms with Gasteiger partial charge in [-0.1, -0.05) is 34.1 Å². The molecule has 1 aromatic carbocycles. The van der Waals surface area contributed by atoms with Crippen molar-refractivity contribution in [2.24, 2.45) is 0 Å². The van der Waals surface area contributed by atoms with Gasteiger partial charge in [-0.2, -0.15) is 0 Å². The lowest BCUT2D eigenvalue weighted by Crippen LogP contribution is -1.80. The van der Waals surface area contributed by atoms with Gasteiger partial charge < -0.3 is 4.42 Å². The van der Waals surface area contributed by atoms with Crippen LogP contribution in [0.1, 0.15) is 11.5 Å². The van der Waals surface area contributed by atoms with E-state index in [1.54, 1.807) is 11.3 Å². The molecule has 0 aliphatic carbocycles. The Labute approximate surface area is 124 Å². The Morgan fingerprint density at radius 3 is 2.63 bits per heavy atom. The van der Waals surface area contributed by atoms with Gasteiger partial charge in [0.1, 0.15) is 16.5 Å². The molecular weight excluding hydrogens is 322 g/mol. The fourth-order valence-electron chi connectivity index (χ4n) is 2.04. The molecular formula is C15H12BrNOS. The van der Waals surface area contributed by atoms with Crippen LogP contribution in [-0.2, 0) is 0 Å². The zero-order chi connectivity index (χ0) is 13.4. The third-order valence-corrected chi connectivity index (χ3v) is 4.49. The van der Waals surface area contributed by atoms with Crippen LogP contribution in [0, 0.1) is 13.8 Å². The second kappa shape index (κ2) is 4.94. The molecule has 2 heterocycles. The number of halogens is 1. The van der Waals surface area contributed by atoms with E-state index in [1.165, 1.54) is 0 Å². The minimum Gasteiger partial charge on any atom is -0.466 e. The van der Waals surface area contributed by atoms with E-state index in [4.69, 9.17) is 9.40 Å². The Morgan fingerprint density at radius 1 is 1.16 bits per heavy atom. The summed E-state index contributed by atoms with van der Waals surface area (Å²) in [4.78, 5) is 4.71. The van der Waals surface area contributed by atoms with Crippen LogP contribution in [0.2, 0.25) is 0 Å². The summed E-state index contributed by atoms with van der Waals surface area (Å²) >= 11 is 5.21. The number of furan rings is 1. The van der Waals surface area contributed by atoms with Crippen LogP contribution in [0.15, 0.2) is 44.6 Å². The molecule has 0 N–H and O–H groups in total. The smallest absolute Gasteiger partial charge is 0.125 e. The first kappa shape index (κ1) is 12.6. The number of thiazole rings is 1. The Bertz CT molecular complexity index is 729. The van der Waals surface area contributed by atoms with Gasteiger partial charge in [0.25, 0.3) is 0 Å². The maximum Gasteiger partial charge on any atom is 0.125 e. The molecule has 0 spiro atoms. The zero-order valence-electron chi connectivity index (χ0n) is 10.6. The molecule has 2 nitrogen and oxygen atoms in total. The zero-order valence-corrected chi connectivity index (χ0v) is 13.0. The molecule has 0 bridgehead atoms.